The number of fused-ring (bicyclic) bond motifs is 1. The molecule has 0 spiro atoms. The lowest BCUT2D eigenvalue weighted by Crippen LogP contribution is -2.01. The van der Waals surface area contributed by atoms with Gasteiger partial charge in [0.2, 0.25) is 6.79 Å². The summed E-state index contributed by atoms with van der Waals surface area (Å²) in [5.41, 5.74) is 1.26. The Hall–Kier alpha value is -1.95. The first kappa shape index (κ1) is 13.1. The van der Waals surface area contributed by atoms with Gasteiger partial charge in [-0.3, -0.25) is 0 Å². The van der Waals surface area contributed by atoms with Crippen LogP contribution in [-0.4, -0.2) is 11.9 Å². The van der Waals surface area contributed by atoms with E-state index in [1.54, 1.807) is 12.1 Å². The molecule has 4 nitrogen and oxygen atoms in total. The number of phenols is 1. The fourth-order valence-corrected chi connectivity index (χ4v) is 2.33. The van der Waals surface area contributed by atoms with E-state index < -0.39 is 0 Å². The lowest BCUT2D eigenvalue weighted by atomic mass is 10.1. The van der Waals surface area contributed by atoms with Crippen LogP contribution in [0.15, 0.2) is 34.8 Å². The number of hydrogen-bond donors (Lipinski definition) is 2. The predicted molar refractivity (Wildman–Crippen MR) is 75.7 cm³/mol. The number of anilines is 1. The maximum atomic E-state index is 13.2. The van der Waals surface area contributed by atoms with Gasteiger partial charge in [-0.25, -0.2) is 4.39 Å². The molecule has 1 aliphatic heterocycles. The van der Waals surface area contributed by atoms with Gasteiger partial charge in [0.15, 0.2) is 11.5 Å². The van der Waals surface area contributed by atoms with Gasteiger partial charge in [0.25, 0.3) is 0 Å². The number of halogens is 2. The molecular weight excluding hydrogens is 329 g/mol. The molecule has 0 atom stereocenters. The molecule has 0 fully saturated rings. The Morgan fingerprint density at radius 2 is 1.95 bits per heavy atom. The zero-order valence-electron chi connectivity index (χ0n) is 10.3. The molecule has 20 heavy (non-hydrogen) atoms. The molecule has 2 aromatic carbocycles. The standard InChI is InChI=1S/C14H11BrFNO3/c15-10-2-1-9(16)4-11(10)17-6-8-3-13-14(5-12(8)18)20-7-19-13/h1-5,17-18H,6-7H2. The van der Waals surface area contributed by atoms with Crippen molar-refractivity contribution in [2.24, 2.45) is 0 Å². The maximum Gasteiger partial charge on any atom is 0.231 e. The highest BCUT2D eigenvalue weighted by Gasteiger charge is 2.17. The highest BCUT2D eigenvalue weighted by molar-refractivity contribution is 9.10. The van der Waals surface area contributed by atoms with Crippen molar-refractivity contribution in [1.82, 2.24) is 0 Å². The predicted octanol–water partition coefficient (Wildman–Crippen LogP) is 3.63. The van der Waals surface area contributed by atoms with Crippen LogP contribution in [-0.2, 0) is 6.54 Å². The highest BCUT2D eigenvalue weighted by Crippen LogP contribution is 2.38. The molecule has 0 aliphatic carbocycles. The topological polar surface area (TPSA) is 50.7 Å². The monoisotopic (exact) mass is 339 g/mol. The zero-order chi connectivity index (χ0) is 14.1. The molecule has 0 radical (unpaired) electrons. The van der Waals surface area contributed by atoms with E-state index in [1.807, 2.05) is 0 Å². The van der Waals surface area contributed by atoms with Crippen molar-refractivity contribution in [2.45, 2.75) is 6.54 Å². The number of nitrogens with one attached hydrogen (secondary N) is 1. The van der Waals surface area contributed by atoms with Crippen LogP contribution < -0.4 is 14.8 Å². The van der Waals surface area contributed by atoms with Crippen molar-refractivity contribution in [1.29, 1.82) is 0 Å². The average Bonchev–Trinajstić information content (AvgIpc) is 2.86. The Bertz CT molecular complexity index is 663. The second kappa shape index (κ2) is 5.20. The van der Waals surface area contributed by atoms with E-state index in [0.29, 0.717) is 29.3 Å². The second-order valence-electron chi connectivity index (χ2n) is 4.31. The number of hydrogen-bond acceptors (Lipinski definition) is 4. The van der Waals surface area contributed by atoms with Gasteiger partial charge in [0.05, 0.1) is 5.69 Å². The number of benzene rings is 2. The number of phenolic OH excluding ortho intramolecular Hbond substituents is 1. The smallest absolute Gasteiger partial charge is 0.231 e. The van der Waals surface area contributed by atoms with Gasteiger partial charge in [0.1, 0.15) is 11.6 Å². The molecule has 0 bridgehead atoms. The van der Waals surface area contributed by atoms with Crippen molar-refractivity contribution < 1.29 is 19.0 Å². The van der Waals surface area contributed by atoms with Crippen LogP contribution in [0.4, 0.5) is 10.1 Å². The van der Waals surface area contributed by atoms with E-state index in [1.165, 1.54) is 18.2 Å². The van der Waals surface area contributed by atoms with Gasteiger partial charge in [-0.1, -0.05) is 0 Å². The van der Waals surface area contributed by atoms with Crippen molar-refractivity contribution >= 4 is 21.6 Å². The Kier molecular flexibility index (Phi) is 3.40. The molecule has 0 amide bonds. The summed E-state index contributed by atoms with van der Waals surface area (Å²) in [6.45, 7) is 0.492. The number of rotatable bonds is 3. The summed E-state index contributed by atoms with van der Waals surface area (Å²) in [4.78, 5) is 0. The van der Waals surface area contributed by atoms with E-state index in [9.17, 15) is 9.50 Å². The summed E-state index contributed by atoms with van der Waals surface area (Å²) < 4.78 is 24.4. The summed E-state index contributed by atoms with van der Waals surface area (Å²) in [6.07, 6.45) is 0. The Morgan fingerprint density at radius 1 is 1.20 bits per heavy atom. The number of aromatic hydroxyl groups is 1. The van der Waals surface area contributed by atoms with Crippen LogP contribution in [0.2, 0.25) is 0 Å². The minimum atomic E-state index is -0.328. The Morgan fingerprint density at radius 3 is 2.75 bits per heavy atom. The minimum Gasteiger partial charge on any atom is -0.507 e. The Balaban J connectivity index is 1.80. The fraction of sp³-hybridized carbons (Fsp3) is 0.143. The molecule has 0 unspecified atom stereocenters. The first-order chi connectivity index (χ1) is 9.63. The maximum absolute atomic E-state index is 13.2. The van der Waals surface area contributed by atoms with Crippen LogP contribution >= 0.6 is 15.9 Å². The molecule has 1 heterocycles. The SMILES string of the molecule is Oc1cc2c(cc1CNc1cc(F)ccc1Br)OCO2. The first-order valence-corrected chi connectivity index (χ1v) is 6.73. The molecule has 2 N–H and O–H groups in total. The third-order valence-corrected chi connectivity index (χ3v) is 3.66. The van der Waals surface area contributed by atoms with Crippen LogP contribution in [0, 0.1) is 5.82 Å². The van der Waals surface area contributed by atoms with Crippen molar-refractivity contribution in [3.63, 3.8) is 0 Å². The first-order valence-electron chi connectivity index (χ1n) is 5.94. The molecule has 1 aliphatic rings. The van der Waals surface area contributed by atoms with E-state index in [-0.39, 0.29) is 18.4 Å². The summed E-state index contributed by atoms with van der Waals surface area (Å²) in [6, 6.07) is 7.59. The fourth-order valence-electron chi connectivity index (χ4n) is 1.94. The van der Waals surface area contributed by atoms with Gasteiger partial charge in [-0.2, -0.15) is 0 Å². The summed E-state index contributed by atoms with van der Waals surface area (Å²) in [7, 11) is 0. The molecular formula is C14H11BrFNO3. The third-order valence-electron chi connectivity index (χ3n) is 2.97. The average molecular weight is 340 g/mol. The van der Waals surface area contributed by atoms with Crippen molar-refractivity contribution in [3.05, 3.63) is 46.2 Å². The van der Waals surface area contributed by atoms with Gasteiger partial charge in [-0.05, 0) is 40.2 Å². The van der Waals surface area contributed by atoms with Crippen molar-refractivity contribution in [2.75, 3.05) is 12.1 Å². The van der Waals surface area contributed by atoms with Crippen LogP contribution in [0.5, 0.6) is 17.2 Å². The summed E-state index contributed by atoms with van der Waals surface area (Å²) in [5.74, 6) is 0.899. The van der Waals surface area contributed by atoms with E-state index >= 15 is 0 Å². The molecule has 2 aromatic rings. The largest absolute Gasteiger partial charge is 0.507 e. The minimum absolute atomic E-state index is 0.106. The normalized spacial score (nSPS) is 12.5. The molecule has 0 aromatic heterocycles. The summed E-state index contributed by atoms with van der Waals surface area (Å²) in [5, 5.41) is 13.0. The zero-order valence-corrected chi connectivity index (χ0v) is 11.9. The molecule has 0 saturated heterocycles. The van der Waals surface area contributed by atoms with Crippen LogP contribution in [0.1, 0.15) is 5.56 Å². The lowest BCUT2D eigenvalue weighted by Gasteiger charge is -2.10. The van der Waals surface area contributed by atoms with Crippen LogP contribution in [0.25, 0.3) is 0 Å². The quantitative estimate of drug-likeness (QED) is 0.896. The second-order valence-corrected chi connectivity index (χ2v) is 5.17. The molecule has 3 rings (SSSR count). The highest BCUT2D eigenvalue weighted by atomic mass is 79.9. The molecule has 104 valence electrons. The summed E-state index contributed by atoms with van der Waals surface area (Å²) >= 11 is 3.34. The lowest BCUT2D eigenvalue weighted by molar-refractivity contribution is 0.174. The third kappa shape index (κ3) is 2.51. The van der Waals surface area contributed by atoms with Crippen molar-refractivity contribution in [3.8, 4) is 17.2 Å². The molecule has 0 saturated carbocycles. The van der Waals surface area contributed by atoms with Gasteiger partial charge >= 0.3 is 0 Å². The van der Waals surface area contributed by atoms with Gasteiger partial charge < -0.3 is 19.9 Å². The van der Waals surface area contributed by atoms with Gasteiger partial charge in [0, 0.05) is 22.6 Å². The van der Waals surface area contributed by atoms with E-state index in [2.05, 4.69) is 21.2 Å². The van der Waals surface area contributed by atoms with Gasteiger partial charge in [-0.15, -0.1) is 0 Å². The van der Waals surface area contributed by atoms with E-state index in [4.69, 9.17) is 9.47 Å². The number of ether oxygens (including phenoxy) is 2. The van der Waals surface area contributed by atoms with Crippen LogP contribution in [0.3, 0.4) is 0 Å². The van der Waals surface area contributed by atoms with E-state index in [0.717, 1.165) is 4.47 Å². The Labute approximate surface area is 123 Å². The molecule has 6 heteroatoms.